The highest BCUT2D eigenvalue weighted by Gasteiger charge is 2.20. The molecule has 0 aromatic carbocycles. The van der Waals surface area contributed by atoms with Crippen LogP contribution in [0.2, 0.25) is 0 Å². The molecule has 0 radical (unpaired) electrons. The standard InChI is InChI=1S/C32H55NO2/c1-9-11-19-33-31(18-13-12-15-29-16-14-17-30(34)23-29)27(6)21-28(7)32(35-8)22-26(5)25(4)20-24(3)10-2/h9-10,21,24-25,27,29-30,32,34H,1-2,5,11-20,22-23H2,3-4,6-8H3/b28-21+,33-31?. The van der Waals surface area contributed by atoms with Gasteiger partial charge in [-0.15, -0.1) is 13.2 Å². The Morgan fingerprint density at radius 2 is 1.91 bits per heavy atom. The molecule has 1 fully saturated rings. The summed E-state index contributed by atoms with van der Waals surface area (Å²) in [6.07, 6.45) is 18.3. The predicted octanol–water partition coefficient (Wildman–Crippen LogP) is 8.51. The second kappa shape index (κ2) is 17.9. The summed E-state index contributed by atoms with van der Waals surface area (Å²) in [5.41, 5.74) is 3.80. The van der Waals surface area contributed by atoms with Gasteiger partial charge in [-0.05, 0) is 75.2 Å². The van der Waals surface area contributed by atoms with Crippen molar-refractivity contribution in [2.45, 2.75) is 111 Å². The number of hydrogen-bond donors (Lipinski definition) is 1. The third-order valence-corrected chi connectivity index (χ3v) is 7.80. The van der Waals surface area contributed by atoms with Crippen LogP contribution in [0.4, 0.5) is 0 Å². The van der Waals surface area contributed by atoms with E-state index in [0.29, 0.717) is 23.7 Å². The van der Waals surface area contributed by atoms with Crippen LogP contribution in [0, 0.1) is 23.7 Å². The number of ether oxygens (including phenoxy) is 1. The molecule has 0 aromatic rings. The van der Waals surface area contributed by atoms with Crippen LogP contribution < -0.4 is 0 Å². The Kier molecular flexibility index (Phi) is 16.1. The summed E-state index contributed by atoms with van der Waals surface area (Å²) in [6.45, 7) is 21.9. The lowest BCUT2D eigenvalue weighted by molar-refractivity contribution is 0.0975. The molecule has 0 bridgehead atoms. The van der Waals surface area contributed by atoms with Crippen LogP contribution in [-0.2, 0) is 4.74 Å². The first-order valence-corrected chi connectivity index (χ1v) is 14.0. The minimum atomic E-state index is -0.0731. The maximum Gasteiger partial charge on any atom is 0.0815 e. The SMILES string of the molecule is C=CCCN=C(CCCCC1CCCC(O)C1)C(C)/C=C(\C)C(CC(=C)C(C)CC(C)C=C)OC. The largest absolute Gasteiger partial charge is 0.393 e. The summed E-state index contributed by atoms with van der Waals surface area (Å²) < 4.78 is 5.89. The maximum atomic E-state index is 9.95. The highest BCUT2D eigenvalue weighted by molar-refractivity contribution is 5.88. The number of aliphatic hydroxyl groups excluding tert-OH is 1. The van der Waals surface area contributed by atoms with Gasteiger partial charge in [0.05, 0.1) is 12.2 Å². The van der Waals surface area contributed by atoms with Gasteiger partial charge in [-0.2, -0.15) is 0 Å². The van der Waals surface area contributed by atoms with Crippen molar-refractivity contribution < 1.29 is 9.84 Å². The summed E-state index contributed by atoms with van der Waals surface area (Å²) in [5.74, 6) is 1.94. The first-order chi connectivity index (χ1) is 16.7. The zero-order chi connectivity index (χ0) is 26.2. The average Bonchev–Trinajstić information content (AvgIpc) is 2.83. The Balaban J connectivity index is 2.71. The van der Waals surface area contributed by atoms with E-state index in [0.717, 1.165) is 45.1 Å². The number of unbranched alkanes of at least 4 members (excludes halogenated alkanes) is 1. The predicted molar refractivity (Wildman–Crippen MR) is 154 cm³/mol. The zero-order valence-electron chi connectivity index (χ0n) is 23.6. The summed E-state index contributed by atoms with van der Waals surface area (Å²) >= 11 is 0. The highest BCUT2D eigenvalue weighted by atomic mass is 16.5. The first kappa shape index (κ1) is 31.6. The fourth-order valence-electron chi connectivity index (χ4n) is 5.30. The van der Waals surface area contributed by atoms with Gasteiger partial charge in [0.15, 0.2) is 0 Å². The van der Waals surface area contributed by atoms with E-state index in [9.17, 15) is 5.11 Å². The second-order valence-corrected chi connectivity index (χ2v) is 11.0. The second-order valence-electron chi connectivity index (χ2n) is 11.0. The molecule has 0 aromatic heterocycles. The van der Waals surface area contributed by atoms with Crippen LogP contribution in [-0.4, -0.2) is 36.7 Å². The Hall–Kier alpha value is -1.45. The number of rotatable bonds is 18. The number of nitrogens with zero attached hydrogens (tertiary/aromatic N) is 1. The Bertz CT molecular complexity index is 692. The molecule has 0 heterocycles. The van der Waals surface area contributed by atoms with Gasteiger partial charge in [-0.1, -0.05) is 76.8 Å². The van der Waals surface area contributed by atoms with Gasteiger partial charge in [0.2, 0.25) is 0 Å². The fraction of sp³-hybridized carbons (Fsp3) is 0.719. The van der Waals surface area contributed by atoms with Gasteiger partial charge in [0.1, 0.15) is 0 Å². The molecule has 0 amide bonds. The zero-order valence-corrected chi connectivity index (χ0v) is 23.6. The normalized spacial score (nSPS) is 22.8. The molecule has 1 aliphatic carbocycles. The molecule has 1 rings (SSSR count). The van der Waals surface area contributed by atoms with Crippen LogP contribution >= 0.6 is 0 Å². The molecule has 6 unspecified atom stereocenters. The molecular weight excluding hydrogens is 430 g/mol. The van der Waals surface area contributed by atoms with Crippen molar-refractivity contribution in [2.24, 2.45) is 28.7 Å². The van der Waals surface area contributed by atoms with Crippen LogP contribution in [0.5, 0.6) is 0 Å². The van der Waals surface area contributed by atoms with Gasteiger partial charge >= 0.3 is 0 Å². The number of allylic oxidation sites excluding steroid dienone is 2. The van der Waals surface area contributed by atoms with E-state index in [1.54, 1.807) is 7.11 Å². The first-order valence-electron chi connectivity index (χ1n) is 14.0. The lowest BCUT2D eigenvalue weighted by Gasteiger charge is -2.25. The topological polar surface area (TPSA) is 41.8 Å². The van der Waals surface area contributed by atoms with E-state index < -0.39 is 0 Å². The molecule has 200 valence electrons. The molecule has 6 atom stereocenters. The lowest BCUT2D eigenvalue weighted by Crippen LogP contribution is -2.19. The average molecular weight is 486 g/mol. The third-order valence-electron chi connectivity index (χ3n) is 7.80. The van der Waals surface area contributed by atoms with Gasteiger partial charge in [-0.25, -0.2) is 0 Å². The minimum Gasteiger partial charge on any atom is -0.393 e. The number of aliphatic imine (C=N–C) groups is 1. The highest BCUT2D eigenvalue weighted by Crippen LogP contribution is 2.29. The van der Waals surface area contributed by atoms with Crippen LogP contribution in [0.3, 0.4) is 0 Å². The van der Waals surface area contributed by atoms with Crippen molar-refractivity contribution in [1.82, 2.24) is 0 Å². The number of aliphatic hydroxyl groups is 1. The van der Waals surface area contributed by atoms with Gasteiger partial charge in [-0.3, -0.25) is 4.99 Å². The lowest BCUT2D eigenvalue weighted by atomic mass is 9.83. The van der Waals surface area contributed by atoms with Crippen molar-refractivity contribution in [3.05, 3.63) is 49.1 Å². The Labute approximate surface area is 217 Å². The fourth-order valence-corrected chi connectivity index (χ4v) is 5.30. The van der Waals surface area contributed by atoms with Crippen molar-refractivity contribution in [1.29, 1.82) is 0 Å². The smallest absolute Gasteiger partial charge is 0.0815 e. The Morgan fingerprint density at radius 3 is 2.54 bits per heavy atom. The van der Waals surface area contributed by atoms with Crippen LogP contribution in [0.15, 0.2) is 54.1 Å². The summed E-state index contributed by atoms with van der Waals surface area (Å²) in [4.78, 5) is 4.97. The summed E-state index contributed by atoms with van der Waals surface area (Å²) in [5, 5.41) is 9.95. The molecule has 1 saturated carbocycles. The van der Waals surface area contributed by atoms with E-state index in [1.165, 1.54) is 49.0 Å². The molecule has 1 aliphatic rings. The van der Waals surface area contributed by atoms with Crippen molar-refractivity contribution in [3.8, 4) is 0 Å². The van der Waals surface area contributed by atoms with E-state index in [2.05, 4.69) is 53.5 Å². The molecule has 3 heteroatoms. The monoisotopic (exact) mass is 485 g/mol. The Morgan fingerprint density at radius 1 is 1.17 bits per heavy atom. The molecule has 35 heavy (non-hydrogen) atoms. The van der Waals surface area contributed by atoms with Crippen molar-refractivity contribution in [2.75, 3.05) is 13.7 Å². The van der Waals surface area contributed by atoms with Crippen molar-refractivity contribution in [3.63, 3.8) is 0 Å². The van der Waals surface area contributed by atoms with Crippen LogP contribution in [0.1, 0.15) is 98.3 Å². The third kappa shape index (κ3) is 12.9. The van der Waals surface area contributed by atoms with Gasteiger partial charge < -0.3 is 9.84 Å². The molecule has 3 nitrogen and oxygen atoms in total. The maximum absolute atomic E-state index is 9.95. The van der Waals surface area contributed by atoms with E-state index >= 15 is 0 Å². The molecule has 1 N–H and O–H groups in total. The van der Waals surface area contributed by atoms with E-state index in [1.807, 2.05) is 12.2 Å². The molecular formula is C32H55NO2. The van der Waals surface area contributed by atoms with Gasteiger partial charge in [0, 0.05) is 25.3 Å². The quantitative estimate of drug-likeness (QED) is 0.120. The number of hydrogen-bond acceptors (Lipinski definition) is 3. The van der Waals surface area contributed by atoms with Gasteiger partial charge in [0.25, 0.3) is 0 Å². The van der Waals surface area contributed by atoms with Crippen LogP contribution in [0.25, 0.3) is 0 Å². The van der Waals surface area contributed by atoms with E-state index in [-0.39, 0.29) is 12.2 Å². The van der Waals surface area contributed by atoms with Crippen molar-refractivity contribution >= 4 is 5.71 Å². The molecule has 0 spiro atoms. The molecule has 0 aliphatic heterocycles. The molecule has 0 saturated heterocycles. The summed E-state index contributed by atoms with van der Waals surface area (Å²) in [7, 11) is 1.80. The minimum absolute atomic E-state index is 0.0543. The van der Waals surface area contributed by atoms with E-state index in [4.69, 9.17) is 9.73 Å². The number of methoxy groups -OCH3 is 1. The summed E-state index contributed by atoms with van der Waals surface area (Å²) in [6, 6.07) is 0.